The summed E-state index contributed by atoms with van der Waals surface area (Å²) in [4.78, 5) is 0. The highest BCUT2D eigenvalue weighted by Crippen LogP contribution is 2.33. The van der Waals surface area contributed by atoms with E-state index < -0.39 is 6.10 Å². The summed E-state index contributed by atoms with van der Waals surface area (Å²) in [6.07, 6.45) is 0.0678. The predicted octanol–water partition coefficient (Wildman–Crippen LogP) is 3.03. The van der Waals surface area contributed by atoms with Gasteiger partial charge in [-0.05, 0) is 30.2 Å². The summed E-state index contributed by atoms with van der Waals surface area (Å²) in [5.41, 5.74) is 3.38. The molecular weight excluding hydrogens is 224 g/mol. The first-order valence-electron chi connectivity index (χ1n) is 6.23. The Labute approximate surface area is 107 Å². The van der Waals surface area contributed by atoms with Crippen LogP contribution in [0.4, 0.5) is 0 Å². The largest absolute Gasteiger partial charge is 0.487 e. The molecule has 0 saturated heterocycles. The summed E-state index contributed by atoms with van der Waals surface area (Å²) in [5, 5.41) is 10.2. The van der Waals surface area contributed by atoms with E-state index in [0.29, 0.717) is 0 Å². The first-order valence-corrected chi connectivity index (χ1v) is 6.23. The van der Waals surface area contributed by atoms with Crippen LogP contribution >= 0.6 is 0 Å². The molecule has 0 radical (unpaired) electrons. The maximum atomic E-state index is 10.2. The zero-order valence-electron chi connectivity index (χ0n) is 10.3. The molecule has 92 valence electrons. The van der Waals surface area contributed by atoms with E-state index in [9.17, 15) is 5.11 Å². The lowest BCUT2D eigenvalue weighted by Gasteiger charge is -2.17. The van der Waals surface area contributed by atoms with Crippen molar-refractivity contribution in [1.29, 1.82) is 0 Å². The number of aryl methyl sites for hydroxylation is 1. The SMILES string of the molecule is Cc1ccc(OC2Cc3ccccc3C2O)cc1. The van der Waals surface area contributed by atoms with Crippen LogP contribution in [0, 0.1) is 6.92 Å². The lowest BCUT2D eigenvalue weighted by Crippen LogP contribution is -2.21. The molecule has 1 aliphatic carbocycles. The molecule has 0 bridgehead atoms. The number of hydrogen-bond donors (Lipinski definition) is 1. The van der Waals surface area contributed by atoms with Crippen molar-refractivity contribution in [3.8, 4) is 5.75 Å². The average Bonchev–Trinajstić information content (AvgIpc) is 2.70. The maximum Gasteiger partial charge on any atom is 0.133 e. The van der Waals surface area contributed by atoms with Crippen molar-refractivity contribution < 1.29 is 9.84 Å². The number of aliphatic hydroxyl groups is 1. The van der Waals surface area contributed by atoms with E-state index in [1.54, 1.807) is 0 Å². The Bertz CT molecular complexity index is 545. The second-order valence-corrected chi connectivity index (χ2v) is 4.82. The normalized spacial score (nSPS) is 21.7. The smallest absolute Gasteiger partial charge is 0.133 e. The number of ether oxygens (including phenoxy) is 1. The van der Waals surface area contributed by atoms with Crippen molar-refractivity contribution in [2.24, 2.45) is 0 Å². The lowest BCUT2D eigenvalue weighted by molar-refractivity contribution is 0.0494. The lowest BCUT2D eigenvalue weighted by atomic mass is 10.1. The summed E-state index contributed by atoms with van der Waals surface area (Å²) < 4.78 is 5.88. The van der Waals surface area contributed by atoms with Gasteiger partial charge in [0.2, 0.25) is 0 Å². The highest BCUT2D eigenvalue weighted by molar-refractivity contribution is 5.36. The third-order valence-corrected chi connectivity index (χ3v) is 3.46. The average molecular weight is 240 g/mol. The van der Waals surface area contributed by atoms with E-state index in [4.69, 9.17) is 4.74 Å². The maximum absolute atomic E-state index is 10.2. The molecule has 2 aromatic carbocycles. The quantitative estimate of drug-likeness (QED) is 0.874. The third-order valence-electron chi connectivity index (χ3n) is 3.46. The van der Waals surface area contributed by atoms with Crippen LogP contribution in [0.25, 0.3) is 0 Å². The Hall–Kier alpha value is -1.80. The fourth-order valence-corrected chi connectivity index (χ4v) is 2.44. The van der Waals surface area contributed by atoms with Crippen LogP contribution in [0.3, 0.4) is 0 Å². The summed E-state index contributed by atoms with van der Waals surface area (Å²) in [6, 6.07) is 15.9. The van der Waals surface area contributed by atoms with Crippen LogP contribution < -0.4 is 4.74 Å². The monoisotopic (exact) mass is 240 g/mol. The van der Waals surface area contributed by atoms with Gasteiger partial charge in [-0.15, -0.1) is 0 Å². The van der Waals surface area contributed by atoms with Gasteiger partial charge in [-0.1, -0.05) is 42.0 Å². The van der Waals surface area contributed by atoms with Gasteiger partial charge >= 0.3 is 0 Å². The first kappa shape index (κ1) is 11.3. The van der Waals surface area contributed by atoms with Crippen molar-refractivity contribution in [3.63, 3.8) is 0 Å². The fraction of sp³-hybridized carbons (Fsp3) is 0.250. The van der Waals surface area contributed by atoms with Gasteiger partial charge in [0.05, 0.1) is 0 Å². The van der Waals surface area contributed by atoms with E-state index in [2.05, 4.69) is 6.07 Å². The minimum Gasteiger partial charge on any atom is -0.487 e. The van der Waals surface area contributed by atoms with Gasteiger partial charge in [0.1, 0.15) is 18.0 Å². The summed E-state index contributed by atoms with van der Waals surface area (Å²) in [5.74, 6) is 0.817. The first-order chi connectivity index (χ1) is 8.74. The molecule has 3 rings (SSSR count). The molecule has 0 saturated carbocycles. The minimum absolute atomic E-state index is 0.176. The second-order valence-electron chi connectivity index (χ2n) is 4.82. The summed E-state index contributed by atoms with van der Waals surface area (Å²) >= 11 is 0. The molecule has 2 atom stereocenters. The van der Waals surface area contributed by atoms with Gasteiger partial charge in [0, 0.05) is 6.42 Å². The zero-order chi connectivity index (χ0) is 12.5. The van der Waals surface area contributed by atoms with Gasteiger partial charge in [-0.25, -0.2) is 0 Å². The minimum atomic E-state index is -0.525. The van der Waals surface area contributed by atoms with Crippen molar-refractivity contribution in [1.82, 2.24) is 0 Å². The van der Waals surface area contributed by atoms with Gasteiger partial charge in [-0.2, -0.15) is 0 Å². The molecule has 0 heterocycles. The molecule has 1 N–H and O–H groups in total. The Morgan fingerprint density at radius 2 is 1.78 bits per heavy atom. The summed E-state index contributed by atoms with van der Waals surface area (Å²) in [7, 11) is 0. The van der Waals surface area contributed by atoms with Gasteiger partial charge in [-0.3, -0.25) is 0 Å². The molecular formula is C16H16O2. The Balaban J connectivity index is 1.78. The number of aliphatic hydroxyl groups excluding tert-OH is 1. The fourth-order valence-electron chi connectivity index (χ4n) is 2.44. The Kier molecular flexibility index (Phi) is 2.80. The van der Waals surface area contributed by atoms with Crippen LogP contribution in [-0.4, -0.2) is 11.2 Å². The Morgan fingerprint density at radius 1 is 1.06 bits per heavy atom. The van der Waals surface area contributed by atoms with Crippen molar-refractivity contribution in [2.75, 3.05) is 0 Å². The second kappa shape index (κ2) is 4.46. The van der Waals surface area contributed by atoms with Gasteiger partial charge < -0.3 is 9.84 Å². The van der Waals surface area contributed by atoms with E-state index in [-0.39, 0.29) is 6.10 Å². The number of fused-ring (bicyclic) bond motifs is 1. The van der Waals surface area contributed by atoms with Crippen molar-refractivity contribution in [3.05, 3.63) is 65.2 Å². The molecule has 0 aliphatic heterocycles. The topological polar surface area (TPSA) is 29.5 Å². The van der Waals surface area contributed by atoms with E-state index >= 15 is 0 Å². The van der Waals surface area contributed by atoms with Crippen LogP contribution in [0.2, 0.25) is 0 Å². The molecule has 2 heteroatoms. The molecule has 0 fully saturated rings. The van der Waals surface area contributed by atoms with Crippen LogP contribution in [-0.2, 0) is 6.42 Å². The van der Waals surface area contributed by atoms with E-state index in [0.717, 1.165) is 17.7 Å². The molecule has 0 aromatic heterocycles. The zero-order valence-corrected chi connectivity index (χ0v) is 10.3. The molecule has 0 spiro atoms. The van der Waals surface area contributed by atoms with Crippen molar-refractivity contribution >= 4 is 0 Å². The van der Waals surface area contributed by atoms with Crippen LogP contribution in [0.15, 0.2) is 48.5 Å². The Morgan fingerprint density at radius 3 is 2.50 bits per heavy atom. The number of hydrogen-bond acceptors (Lipinski definition) is 2. The number of benzene rings is 2. The molecule has 1 aliphatic rings. The van der Waals surface area contributed by atoms with Crippen molar-refractivity contribution in [2.45, 2.75) is 25.6 Å². The highest BCUT2D eigenvalue weighted by Gasteiger charge is 2.32. The van der Waals surface area contributed by atoms with E-state index in [1.165, 1.54) is 11.1 Å². The summed E-state index contributed by atoms with van der Waals surface area (Å²) in [6.45, 7) is 2.05. The van der Waals surface area contributed by atoms with Crippen LogP contribution in [0.1, 0.15) is 22.8 Å². The molecule has 2 nitrogen and oxygen atoms in total. The van der Waals surface area contributed by atoms with Gasteiger partial charge in [0.25, 0.3) is 0 Å². The molecule has 2 unspecified atom stereocenters. The van der Waals surface area contributed by atoms with Gasteiger partial charge in [0.15, 0.2) is 0 Å². The highest BCUT2D eigenvalue weighted by atomic mass is 16.5. The standard InChI is InChI=1S/C16H16O2/c1-11-6-8-13(9-7-11)18-15-10-12-4-2-3-5-14(12)16(15)17/h2-9,15-17H,10H2,1H3. The third kappa shape index (κ3) is 2.00. The molecule has 18 heavy (non-hydrogen) atoms. The number of rotatable bonds is 2. The predicted molar refractivity (Wildman–Crippen MR) is 70.7 cm³/mol. The molecule has 0 amide bonds. The molecule has 2 aromatic rings. The van der Waals surface area contributed by atoms with E-state index in [1.807, 2.05) is 49.4 Å². The van der Waals surface area contributed by atoms with Crippen LogP contribution in [0.5, 0.6) is 5.75 Å².